The summed E-state index contributed by atoms with van der Waals surface area (Å²) in [6, 6.07) is 4.98. The van der Waals surface area contributed by atoms with E-state index in [2.05, 4.69) is 13.8 Å². The van der Waals surface area contributed by atoms with E-state index in [0.29, 0.717) is 25.9 Å². The molecule has 1 amide bonds. The number of amides is 1. The standard InChI is InChI=1S/C19H28FNO3S/c1-3-5-15(6-4-2)19(22)21-13-11-18(12-14-21)25(23,24)17-9-7-16(20)8-10-17/h7-10,15,18H,3-6,11-14H2,1-2H3. The smallest absolute Gasteiger partial charge is 0.225 e. The predicted molar refractivity (Wildman–Crippen MR) is 96.5 cm³/mol. The van der Waals surface area contributed by atoms with Gasteiger partial charge in [-0.2, -0.15) is 0 Å². The number of hydrogen-bond donors (Lipinski definition) is 0. The van der Waals surface area contributed by atoms with Gasteiger partial charge >= 0.3 is 0 Å². The highest BCUT2D eigenvalue weighted by Gasteiger charge is 2.34. The summed E-state index contributed by atoms with van der Waals surface area (Å²) in [5.41, 5.74) is 0. The molecule has 25 heavy (non-hydrogen) atoms. The van der Waals surface area contributed by atoms with Crippen LogP contribution in [0.15, 0.2) is 29.2 Å². The summed E-state index contributed by atoms with van der Waals surface area (Å²) < 4.78 is 38.4. The molecule has 0 N–H and O–H groups in total. The molecule has 1 aromatic carbocycles. The molecule has 1 heterocycles. The van der Waals surface area contributed by atoms with Crippen molar-refractivity contribution in [1.29, 1.82) is 0 Å². The van der Waals surface area contributed by atoms with Crippen molar-refractivity contribution in [3.8, 4) is 0 Å². The normalized spacial score (nSPS) is 16.4. The molecule has 0 unspecified atom stereocenters. The number of likely N-dealkylation sites (tertiary alicyclic amines) is 1. The Bertz CT molecular complexity index is 658. The molecule has 4 nitrogen and oxygen atoms in total. The Morgan fingerprint density at radius 1 is 1.12 bits per heavy atom. The fraction of sp³-hybridized carbons (Fsp3) is 0.632. The van der Waals surface area contributed by atoms with Crippen LogP contribution in [0.1, 0.15) is 52.4 Å². The molecule has 1 saturated heterocycles. The molecule has 0 atom stereocenters. The molecule has 1 fully saturated rings. The van der Waals surface area contributed by atoms with Gasteiger partial charge in [0.2, 0.25) is 5.91 Å². The third-order valence-corrected chi connectivity index (χ3v) is 7.24. The van der Waals surface area contributed by atoms with E-state index in [1.807, 2.05) is 4.90 Å². The predicted octanol–water partition coefficient (Wildman–Crippen LogP) is 3.81. The lowest BCUT2D eigenvalue weighted by molar-refractivity contribution is -0.136. The van der Waals surface area contributed by atoms with Gasteiger partial charge < -0.3 is 4.90 Å². The fourth-order valence-electron chi connectivity index (χ4n) is 3.55. The summed E-state index contributed by atoms with van der Waals surface area (Å²) in [5.74, 6) is -0.223. The molecule has 0 bridgehead atoms. The zero-order chi connectivity index (χ0) is 18.4. The average molecular weight is 370 g/mol. The molecule has 1 aliphatic rings. The molecule has 0 aromatic heterocycles. The Hall–Kier alpha value is -1.43. The lowest BCUT2D eigenvalue weighted by atomic mass is 9.95. The summed E-state index contributed by atoms with van der Waals surface area (Å²) in [4.78, 5) is 14.7. The fourth-order valence-corrected chi connectivity index (χ4v) is 5.28. The Kier molecular flexibility index (Phi) is 6.99. The van der Waals surface area contributed by atoms with Crippen molar-refractivity contribution < 1.29 is 17.6 Å². The molecule has 140 valence electrons. The second kappa shape index (κ2) is 8.79. The van der Waals surface area contributed by atoms with Gasteiger partial charge in [0.25, 0.3) is 0 Å². The first-order valence-electron chi connectivity index (χ1n) is 9.18. The summed E-state index contributed by atoms with van der Waals surface area (Å²) in [6.45, 7) is 5.12. The van der Waals surface area contributed by atoms with Crippen molar-refractivity contribution >= 4 is 15.7 Å². The van der Waals surface area contributed by atoms with E-state index in [0.717, 1.165) is 25.7 Å². The van der Waals surface area contributed by atoms with Gasteiger partial charge in [0.15, 0.2) is 9.84 Å². The van der Waals surface area contributed by atoms with Crippen LogP contribution in [-0.2, 0) is 14.6 Å². The summed E-state index contributed by atoms with van der Waals surface area (Å²) in [6.07, 6.45) is 4.62. The van der Waals surface area contributed by atoms with Crippen LogP contribution >= 0.6 is 0 Å². The number of hydrogen-bond acceptors (Lipinski definition) is 3. The van der Waals surface area contributed by atoms with Crippen molar-refractivity contribution in [3.63, 3.8) is 0 Å². The SMILES string of the molecule is CCCC(CCC)C(=O)N1CCC(S(=O)(=O)c2ccc(F)cc2)CC1. The van der Waals surface area contributed by atoms with E-state index in [1.165, 1.54) is 24.3 Å². The summed E-state index contributed by atoms with van der Waals surface area (Å²) >= 11 is 0. The first-order valence-corrected chi connectivity index (χ1v) is 10.7. The third kappa shape index (κ3) is 4.81. The van der Waals surface area contributed by atoms with Gasteiger partial charge in [-0.05, 0) is 49.9 Å². The van der Waals surface area contributed by atoms with Crippen molar-refractivity contribution in [3.05, 3.63) is 30.1 Å². The van der Waals surface area contributed by atoms with Gasteiger partial charge in [0.1, 0.15) is 5.82 Å². The number of carbonyl (C=O) groups is 1. The van der Waals surface area contributed by atoms with Crippen LogP contribution in [0.25, 0.3) is 0 Å². The molecule has 6 heteroatoms. The topological polar surface area (TPSA) is 54.5 Å². The van der Waals surface area contributed by atoms with E-state index in [-0.39, 0.29) is 16.7 Å². The minimum absolute atomic E-state index is 0.0558. The first-order chi connectivity index (χ1) is 11.9. The molecule has 1 aliphatic heterocycles. The van der Waals surface area contributed by atoms with Crippen molar-refractivity contribution in [2.75, 3.05) is 13.1 Å². The highest BCUT2D eigenvalue weighted by Crippen LogP contribution is 2.26. The molecule has 0 spiro atoms. The van der Waals surface area contributed by atoms with Gasteiger partial charge in [0.05, 0.1) is 10.1 Å². The van der Waals surface area contributed by atoms with E-state index in [9.17, 15) is 17.6 Å². The van der Waals surface area contributed by atoms with Crippen molar-refractivity contribution in [2.24, 2.45) is 5.92 Å². The van der Waals surface area contributed by atoms with Gasteiger partial charge in [-0.25, -0.2) is 12.8 Å². The van der Waals surface area contributed by atoms with Gasteiger partial charge in [-0.3, -0.25) is 4.79 Å². The quantitative estimate of drug-likeness (QED) is 0.687. The van der Waals surface area contributed by atoms with Gasteiger partial charge in [-0.15, -0.1) is 0 Å². The number of halogens is 1. The summed E-state index contributed by atoms with van der Waals surface area (Å²) in [7, 11) is -3.47. The van der Waals surface area contributed by atoms with E-state index >= 15 is 0 Å². The van der Waals surface area contributed by atoms with Crippen molar-refractivity contribution in [2.45, 2.75) is 62.5 Å². The maximum absolute atomic E-state index is 13.0. The van der Waals surface area contributed by atoms with E-state index in [4.69, 9.17) is 0 Å². The van der Waals surface area contributed by atoms with E-state index in [1.54, 1.807) is 0 Å². The molecular formula is C19H28FNO3S. The maximum atomic E-state index is 13.0. The van der Waals surface area contributed by atoms with Gasteiger partial charge in [0, 0.05) is 19.0 Å². The monoisotopic (exact) mass is 369 g/mol. The molecule has 0 radical (unpaired) electrons. The molecule has 2 rings (SSSR count). The van der Waals surface area contributed by atoms with Crippen LogP contribution in [0, 0.1) is 11.7 Å². The zero-order valence-electron chi connectivity index (χ0n) is 15.1. The Balaban J connectivity index is 2.00. The zero-order valence-corrected chi connectivity index (χ0v) is 15.9. The molecule has 1 aromatic rings. The molecular weight excluding hydrogens is 341 g/mol. The summed E-state index contributed by atoms with van der Waals surface area (Å²) in [5, 5.41) is -0.502. The maximum Gasteiger partial charge on any atom is 0.225 e. The second-order valence-corrected chi connectivity index (χ2v) is 9.03. The number of rotatable bonds is 7. The average Bonchev–Trinajstić information content (AvgIpc) is 2.61. The van der Waals surface area contributed by atoms with Crippen LogP contribution in [0.4, 0.5) is 4.39 Å². The van der Waals surface area contributed by atoms with Crippen LogP contribution in [0.5, 0.6) is 0 Å². The Labute approximate surface area is 150 Å². The number of carbonyl (C=O) groups excluding carboxylic acids is 1. The largest absolute Gasteiger partial charge is 0.342 e. The number of piperidine rings is 1. The highest BCUT2D eigenvalue weighted by molar-refractivity contribution is 7.92. The Morgan fingerprint density at radius 2 is 1.64 bits per heavy atom. The third-order valence-electron chi connectivity index (χ3n) is 4.96. The number of benzene rings is 1. The molecule has 0 aliphatic carbocycles. The lowest BCUT2D eigenvalue weighted by Gasteiger charge is -2.34. The van der Waals surface area contributed by atoms with Crippen LogP contribution in [-0.4, -0.2) is 37.6 Å². The first kappa shape index (κ1) is 19.9. The number of sulfone groups is 1. The van der Waals surface area contributed by atoms with E-state index < -0.39 is 20.9 Å². The molecule has 0 saturated carbocycles. The lowest BCUT2D eigenvalue weighted by Crippen LogP contribution is -2.44. The van der Waals surface area contributed by atoms with Crippen LogP contribution in [0.3, 0.4) is 0 Å². The number of nitrogens with zero attached hydrogens (tertiary/aromatic N) is 1. The second-order valence-electron chi connectivity index (χ2n) is 6.80. The highest BCUT2D eigenvalue weighted by atomic mass is 32.2. The van der Waals surface area contributed by atoms with Crippen LogP contribution in [0.2, 0.25) is 0 Å². The Morgan fingerprint density at radius 3 is 2.12 bits per heavy atom. The minimum atomic E-state index is -3.47. The van der Waals surface area contributed by atoms with Crippen molar-refractivity contribution in [1.82, 2.24) is 4.90 Å². The van der Waals surface area contributed by atoms with Gasteiger partial charge in [-0.1, -0.05) is 26.7 Å². The van der Waals surface area contributed by atoms with Crippen LogP contribution < -0.4 is 0 Å². The minimum Gasteiger partial charge on any atom is -0.342 e.